The zero-order valence-electron chi connectivity index (χ0n) is 15.4. The molecule has 4 nitrogen and oxygen atoms in total. The number of nitrogens with one attached hydrogen (secondary N) is 1. The van der Waals surface area contributed by atoms with Crippen molar-refractivity contribution in [3.63, 3.8) is 0 Å². The van der Waals surface area contributed by atoms with Gasteiger partial charge in [0.25, 0.3) is 0 Å². The van der Waals surface area contributed by atoms with Gasteiger partial charge in [-0.2, -0.15) is 0 Å². The molecular weight excluding hydrogens is 348 g/mol. The van der Waals surface area contributed by atoms with Crippen LogP contribution in [0.3, 0.4) is 0 Å². The van der Waals surface area contributed by atoms with Gasteiger partial charge in [0, 0.05) is 25.2 Å². The Labute approximate surface area is 163 Å². The van der Waals surface area contributed by atoms with Gasteiger partial charge >= 0.3 is 0 Å². The first-order valence-electron chi connectivity index (χ1n) is 9.54. The first-order valence-corrected chi connectivity index (χ1v) is 9.54. The lowest BCUT2D eigenvalue weighted by molar-refractivity contribution is -0.136. The third-order valence-corrected chi connectivity index (χ3v) is 5.66. The van der Waals surface area contributed by atoms with Crippen molar-refractivity contribution in [3.05, 3.63) is 89.5 Å². The van der Waals surface area contributed by atoms with Crippen LogP contribution in [0.1, 0.15) is 29.0 Å². The second-order valence-corrected chi connectivity index (χ2v) is 7.40. The molecule has 0 bridgehead atoms. The Balaban J connectivity index is 1.56. The van der Waals surface area contributed by atoms with E-state index in [1.807, 2.05) is 53.4 Å². The maximum absolute atomic E-state index is 13.6. The molecule has 0 spiro atoms. The first-order chi connectivity index (χ1) is 13.7. The van der Waals surface area contributed by atoms with Crippen LogP contribution in [-0.4, -0.2) is 16.7 Å². The minimum atomic E-state index is -0.442. The van der Waals surface area contributed by atoms with Gasteiger partial charge < -0.3 is 10.2 Å². The van der Waals surface area contributed by atoms with Gasteiger partial charge in [0.15, 0.2) is 0 Å². The lowest BCUT2D eigenvalue weighted by Crippen LogP contribution is -2.37. The lowest BCUT2D eigenvalue weighted by atomic mass is 9.89. The summed E-state index contributed by atoms with van der Waals surface area (Å²) in [4.78, 5) is 27.7. The summed E-state index contributed by atoms with van der Waals surface area (Å²) in [5, 5.41) is 2.88. The van der Waals surface area contributed by atoms with Gasteiger partial charge in [0.2, 0.25) is 11.8 Å². The molecule has 28 heavy (non-hydrogen) atoms. The molecular formula is C24H20N2O2. The van der Waals surface area contributed by atoms with Gasteiger partial charge in [-0.15, -0.1) is 0 Å². The molecule has 2 heterocycles. The van der Waals surface area contributed by atoms with Crippen LogP contribution in [0.5, 0.6) is 0 Å². The summed E-state index contributed by atoms with van der Waals surface area (Å²) in [5.74, 6) is -0.538. The van der Waals surface area contributed by atoms with Crippen molar-refractivity contribution in [1.29, 1.82) is 0 Å². The van der Waals surface area contributed by atoms with E-state index in [0.29, 0.717) is 13.1 Å². The highest BCUT2D eigenvalue weighted by Crippen LogP contribution is 2.37. The Hall–Kier alpha value is -3.40. The SMILES string of the molecule is O=C1CC(C(=O)N2Cc3ccccc3-c3ccccc3C2)c2ccccc2N1. The summed E-state index contributed by atoms with van der Waals surface area (Å²) in [5.41, 5.74) is 6.26. The Morgan fingerprint density at radius 2 is 1.39 bits per heavy atom. The van der Waals surface area contributed by atoms with Gasteiger partial charge in [-0.05, 0) is 33.9 Å². The molecule has 0 aromatic heterocycles. The second-order valence-electron chi connectivity index (χ2n) is 7.40. The number of fused-ring (bicyclic) bond motifs is 4. The van der Waals surface area contributed by atoms with Crippen molar-refractivity contribution in [2.45, 2.75) is 25.4 Å². The summed E-state index contributed by atoms with van der Waals surface area (Å²) in [6, 6.07) is 24.1. The predicted octanol–water partition coefficient (Wildman–Crippen LogP) is 4.32. The molecule has 2 aliphatic rings. The average Bonchev–Trinajstić information content (AvgIpc) is 2.89. The molecule has 4 heteroatoms. The van der Waals surface area contributed by atoms with Crippen LogP contribution in [0.25, 0.3) is 11.1 Å². The van der Waals surface area contributed by atoms with E-state index < -0.39 is 5.92 Å². The van der Waals surface area contributed by atoms with Gasteiger partial charge in [0.05, 0.1) is 5.92 Å². The molecule has 138 valence electrons. The van der Waals surface area contributed by atoms with E-state index in [1.54, 1.807) is 0 Å². The molecule has 0 radical (unpaired) electrons. The van der Waals surface area contributed by atoms with E-state index in [0.717, 1.165) is 22.4 Å². The number of para-hydroxylation sites is 1. The second kappa shape index (κ2) is 6.64. The highest BCUT2D eigenvalue weighted by atomic mass is 16.2. The number of amides is 2. The summed E-state index contributed by atoms with van der Waals surface area (Å²) in [6.07, 6.45) is 0.190. The molecule has 1 atom stereocenters. The van der Waals surface area contributed by atoms with E-state index in [-0.39, 0.29) is 18.2 Å². The maximum atomic E-state index is 13.6. The fourth-order valence-electron chi connectivity index (χ4n) is 4.32. The molecule has 3 aromatic rings. The molecule has 0 saturated carbocycles. The molecule has 2 aliphatic heterocycles. The number of hydrogen-bond donors (Lipinski definition) is 1. The van der Waals surface area contributed by atoms with Crippen molar-refractivity contribution in [2.24, 2.45) is 0 Å². The van der Waals surface area contributed by atoms with E-state index in [4.69, 9.17) is 0 Å². The van der Waals surface area contributed by atoms with Crippen LogP contribution in [0.4, 0.5) is 5.69 Å². The van der Waals surface area contributed by atoms with Gasteiger partial charge in [-0.25, -0.2) is 0 Å². The first kappa shape index (κ1) is 16.8. The van der Waals surface area contributed by atoms with E-state index in [9.17, 15) is 9.59 Å². The Morgan fingerprint density at radius 1 is 0.821 bits per heavy atom. The zero-order chi connectivity index (χ0) is 19.1. The molecule has 3 aromatic carbocycles. The number of hydrogen-bond acceptors (Lipinski definition) is 2. The number of rotatable bonds is 1. The number of benzene rings is 3. The van der Waals surface area contributed by atoms with Crippen LogP contribution in [0, 0.1) is 0 Å². The topological polar surface area (TPSA) is 49.4 Å². The normalized spacial score (nSPS) is 17.6. The van der Waals surface area contributed by atoms with E-state index >= 15 is 0 Å². The summed E-state index contributed by atoms with van der Waals surface area (Å²) >= 11 is 0. The van der Waals surface area contributed by atoms with Gasteiger partial charge in [0.1, 0.15) is 0 Å². The molecule has 2 amide bonds. The fourth-order valence-corrected chi connectivity index (χ4v) is 4.32. The Bertz CT molecular complexity index is 1040. The van der Waals surface area contributed by atoms with Crippen molar-refractivity contribution in [1.82, 2.24) is 4.90 Å². The van der Waals surface area contributed by atoms with Crippen molar-refractivity contribution >= 4 is 17.5 Å². The Kier molecular flexibility index (Phi) is 3.97. The van der Waals surface area contributed by atoms with Crippen molar-refractivity contribution in [2.75, 3.05) is 5.32 Å². The highest BCUT2D eigenvalue weighted by molar-refractivity contribution is 6.01. The molecule has 1 N–H and O–H groups in total. The summed E-state index contributed by atoms with van der Waals surface area (Å²) in [6.45, 7) is 1.09. The lowest BCUT2D eigenvalue weighted by Gasteiger charge is -2.30. The Morgan fingerprint density at radius 3 is 2.07 bits per heavy atom. The average molecular weight is 368 g/mol. The number of carbonyl (C=O) groups excluding carboxylic acids is 2. The maximum Gasteiger partial charge on any atom is 0.231 e. The highest BCUT2D eigenvalue weighted by Gasteiger charge is 2.34. The van der Waals surface area contributed by atoms with E-state index in [2.05, 4.69) is 29.6 Å². The minimum Gasteiger partial charge on any atom is -0.333 e. The molecule has 0 saturated heterocycles. The quantitative estimate of drug-likeness (QED) is 0.695. The van der Waals surface area contributed by atoms with Crippen molar-refractivity contribution in [3.8, 4) is 11.1 Å². The molecule has 1 unspecified atom stereocenters. The molecule has 0 fully saturated rings. The minimum absolute atomic E-state index is 0.00815. The van der Waals surface area contributed by atoms with Gasteiger partial charge in [-0.1, -0.05) is 66.7 Å². The van der Waals surface area contributed by atoms with Crippen LogP contribution in [0.2, 0.25) is 0 Å². The third kappa shape index (κ3) is 2.78. The fraction of sp³-hybridized carbons (Fsp3) is 0.167. The predicted molar refractivity (Wildman–Crippen MR) is 109 cm³/mol. The third-order valence-electron chi connectivity index (χ3n) is 5.66. The largest absolute Gasteiger partial charge is 0.333 e. The van der Waals surface area contributed by atoms with Crippen LogP contribution < -0.4 is 5.32 Å². The van der Waals surface area contributed by atoms with Crippen LogP contribution in [0.15, 0.2) is 72.8 Å². The van der Waals surface area contributed by atoms with Crippen LogP contribution in [-0.2, 0) is 22.7 Å². The zero-order valence-corrected chi connectivity index (χ0v) is 15.4. The van der Waals surface area contributed by atoms with E-state index in [1.165, 1.54) is 11.1 Å². The summed E-state index contributed by atoms with van der Waals surface area (Å²) in [7, 11) is 0. The number of nitrogens with zero attached hydrogens (tertiary/aromatic N) is 1. The molecule has 0 aliphatic carbocycles. The van der Waals surface area contributed by atoms with Crippen molar-refractivity contribution < 1.29 is 9.59 Å². The standard InChI is InChI=1S/C24H20N2O2/c27-23-13-21(20-11-5-6-12-22(20)25-23)24(28)26-14-16-7-1-3-9-18(16)19-10-4-2-8-17(19)15-26/h1-12,21H,13-15H2,(H,25,27). The van der Waals surface area contributed by atoms with Crippen LogP contribution >= 0.6 is 0 Å². The number of carbonyl (C=O) groups is 2. The number of anilines is 1. The molecule has 5 rings (SSSR count). The summed E-state index contributed by atoms with van der Waals surface area (Å²) < 4.78 is 0. The van der Waals surface area contributed by atoms with Gasteiger partial charge in [-0.3, -0.25) is 9.59 Å². The smallest absolute Gasteiger partial charge is 0.231 e. The monoisotopic (exact) mass is 368 g/mol.